The molecule has 0 spiro atoms. The summed E-state index contributed by atoms with van der Waals surface area (Å²) in [6, 6.07) is 12.3. The van der Waals surface area contributed by atoms with Crippen LogP contribution in [0.5, 0.6) is 5.75 Å². The Morgan fingerprint density at radius 3 is 2.64 bits per heavy atom. The van der Waals surface area contributed by atoms with Gasteiger partial charge in [-0.1, -0.05) is 38.0 Å². The standard InChI is InChI=1S/C24H28FNO5S2/c1-4-5-9-17-16-26(18-10-7-6-8-11-18)19-14-21(32-3)20(31-13-12-23(27)28)15-22(19)33(29,30)24(17,2)25/h6-8,10-15,17H,4-5,9,16H2,1-3H3,(H,27,28)/b13-12+. The Morgan fingerprint density at radius 1 is 1.33 bits per heavy atom. The Labute approximate surface area is 198 Å². The summed E-state index contributed by atoms with van der Waals surface area (Å²) in [6.45, 7) is 3.34. The highest BCUT2D eigenvalue weighted by atomic mass is 32.2. The number of aliphatic carboxylic acids is 1. The molecule has 0 bridgehead atoms. The third-order valence-electron chi connectivity index (χ3n) is 5.86. The molecule has 33 heavy (non-hydrogen) atoms. The molecule has 1 N–H and O–H groups in total. The van der Waals surface area contributed by atoms with Crippen molar-refractivity contribution in [3.8, 4) is 5.75 Å². The van der Waals surface area contributed by atoms with Gasteiger partial charge in [0.1, 0.15) is 5.75 Å². The number of hydrogen-bond acceptors (Lipinski definition) is 6. The summed E-state index contributed by atoms with van der Waals surface area (Å²) < 4.78 is 48.9. The minimum Gasteiger partial charge on any atom is -0.478 e. The van der Waals surface area contributed by atoms with Crippen molar-refractivity contribution >= 4 is 38.9 Å². The molecular weight excluding hydrogens is 465 g/mol. The lowest BCUT2D eigenvalue weighted by Gasteiger charge is -2.31. The molecule has 2 atom stereocenters. The fourth-order valence-electron chi connectivity index (χ4n) is 3.94. The molecule has 1 aliphatic heterocycles. The second kappa shape index (κ2) is 10.2. The van der Waals surface area contributed by atoms with E-state index in [1.54, 1.807) is 12.3 Å². The largest absolute Gasteiger partial charge is 0.478 e. The number of benzene rings is 2. The van der Waals surface area contributed by atoms with Gasteiger partial charge in [-0.15, -0.1) is 11.8 Å². The first-order valence-electron chi connectivity index (χ1n) is 10.7. The van der Waals surface area contributed by atoms with E-state index in [4.69, 9.17) is 9.84 Å². The van der Waals surface area contributed by atoms with Crippen molar-refractivity contribution in [1.82, 2.24) is 0 Å². The molecule has 0 amide bonds. The molecule has 2 unspecified atom stereocenters. The SMILES string of the molecule is CCCCC1CN(c2ccccc2)c2cc(SC)c(O/C=C/C(=O)O)cc2S(=O)(=O)C1(C)F. The Hall–Kier alpha value is -2.52. The number of unbranched alkanes of at least 4 members (excludes halogenated alkanes) is 1. The van der Waals surface area contributed by atoms with Crippen LogP contribution < -0.4 is 9.64 Å². The average molecular weight is 494 g/mol. The van der Waals surface area contributed by atoms with Crippen molar-refractivity contribution in [3.05, 3.63) is 54.8 Å². The molecule has 1 heterocycles. The van der Waals surface area contributed by atoms with Crippen LogP contribution in [-0.2, 0) is 14.6 Å². The number of ether oxygens (including phenoxy) is 1. The fraction of sp³-hybridized carbons (Fsp3) is 0.375. The van der Waals surface area contributed by atoms with E-state index < -0.39 is 26.7 Å². The molecule has 6 nitrogen and oxygen atoms in total. The van der Waals surface area contributed by atoms with Crippen LogP contribution in [0.3, 0.4) is 0 Å². The molecule has 0 radical (unpaired) electrons. The van der Waals surface area contributed by atoms with Crippen LogP contribution >= 0.6 is 11.8 Å². The van der Waals surface area contributed by atoms with Gasteiger partial charge < -0.3 is 14.7 Å². The van der Waals surface area contributed by atoms with Gasteiger partial charge in [0.05, 0.1) is 27.8 Å². The summed E-state index contributed by atoms with van der Waals surface area (Å²) in [4.78, 5) is 13.1. The van der Waals surface area contributed by atoms with Crippen LogP contribution in [0.15, 0.2) is 64.6 Å². The zero-order valence-electron chi connectivity index (χ0n) is 18.8. The molecule has 0 aliphatic carbocycles. The summed E-state index contributed by atoms with van der Waals surface area (Å²) in [5.41, 5.74) is 1.14. The van der Waals surface area contributed by atoms with Crippen LogP contribution in [-0.4, -0.2) is 37.3 Å². The van der Waals surface area contributed by atoms with Crippen molar-refractivity contribution in [2.24, 2.45) is 5.92 Å². The van der Waals surface area contributed by atoms with Gasteiger partial charge in [0.15, 0.2) is 0 Å². The summed E-state index contributed by atoms with van der Waals surface area (Å²) in [7, 11) is -4.40. The smallest absolute Gasteiger partial charge is 0.331 e. The molecule has 0 saturated heterocycles. The Bertz CT molecular complexity index is 1130. The van der Waals surface area contributed by atoms with Crippen molar-refractivity contribution < 1.29 is 27.4 Å². The van der Waals surface area contributed by atoms with Gasteiger partial charge in [-0.05, 0) is 37.8 Å². The lowest BCUT2D eigenvalue weighted by molar-refractivity contribution is -0.131. The van der Waals surface area contributed by atoms with Crippen molar-refractivity contribution in [1.29, 1.82) is 0 Å². The zero-order valence-corrected chi connectivity index (χ0v) is 20.5. The first-order valence-corrected chi connectivity index (χ1v) is 13.4. The number of thioether (sulfide) groups is 1. The zero-order chi connectivity index (χ0) is 24.2. The highest BCUT2D eigenvalue weighted by Gasteiger charge is 2.51. The van der Waals surface area contributed by atoms with E-state index in [2.05, 4.69) is 0 Å². The fourth-order valence-corrected chi connectivity index (χ4v) is 6.25. The predicted octanol–water partition coefficient (Wildman–Crippen LogP) is 5.80. The third-order valence-corrected chi connectivity index (χ3v) is 8.91. The monoisotopic (exact) mass is 493 g/mol. The number of carboxylic acid groups (broad SMARTS) is 1. The molecule has 178 valence electrons. The number of carbonyl (C=O) groups is 1. The van der Waals surface area contributed by atoms with Gasteiger partial charge in [0.25, 0.3) is 0 Å². The number of carboxylic acids is 1. The number of halogens is 1. The van der Waals surface area contributed by atoms with Crippen LogP contribution in [0.25, 0.3) is 0 Å². The van der Waals surface area contributed by atoms with Crippen LogP contribution in [0.2, 0.25) is 0 Å². The number of nitrogens with zero attached hydrogens (tertiary/aromatic N) is 1. The van der Waals surface area contributed by atoms with Gasteiger partial charge >= 0.3 is 5.97 Å². The summed E-state index contributed by atoms with van der Waals surface area (Å²) in [6.07, 6.45) is 5.55. The first kappa shape index (κ1) is 25.1. The average Bonchev–Trinajstić information content (AvgIpc) is 2.84. The maximum absolute atomic E-state index is 16.2. The highest BCUT2D eigenvalue weighted by Crippen LogP contribution is 2.49. The van der Waals surface area contributed by atoms with E-state index in [0.717, 1.165) is 31.4 Å². The number of hydrogen-bond donors (Lipinski definition) is 1. The van der Waals surface area contributed by atoms with E-state index >= 15 is 4.39 Å². The van der Waals surface area contributed by atoms with Crippen molar-refractivity contribution in [2.45, 2.75) is 47.9 Å². The minimum absolute atomic E-state index is 0.151. The highest BCUT2D eigenvalue weighted by molar-refractivity contribution is 7.98. The summed E-state index contributed by atoms with van der Waals surface area (Å²) >= 11 is 1.32. The van der Waals surface area contributed by atoms with E-state index in [-0.39, 0.29) is 17.2 Å². The van der Waals surface area contributed by atoms with Gasteiger partial charge in [0.2, 0.25) is 14.8 Å². The number of anilines is 2. The predicted molar refractivity (Wildman–Crippen MR) is 129 cm³/mol. The summed E-state index contributed by atoms with van der Waals surface area (Å²) in [5, 5.41) is 6.34. The number of sulfone groups is 1. The van der Waals surface area contributed by atoms with E-state index in [1.165, 1.54) is 17.8 Å². The molecule has 1 aliphatic rings. The molecule has 2 aromatic rings. The van der Waals surface area contributed by atoms with Crippen LogP contribution in [0.4, 0.5) is 15.8 Å². The van der Waals surface area contributed by atoms with Crippen LogP contribution in [0, 0.1) is 5.92 Å². The second-order valence-corrected chi connectivity index (χ2v) is 11.1. The quantitative estimate of drug-likeness (QED) is 0.282. The Kier molecular flexibility index (Phi) is 7.74. The van der Waals surface area contributed by atoms with Gasteiger partial charge in [-0.25, -0.2) is 17.6 Å². The van der Waals surface area contributed by atoms with E-state index in [1.807, 2.05) is 42.2 Å². The third kappa shape index (κ3) is 5.04. The van der Waals surface area contributed by atoms with Gasteiger partial charge in [-0.3, -0.25) is 0 Å². The lowest BCUT2D eigenvalue weighted by atomic mass is 9.96. The molecule has 2 aromatic carbocycles. The van der Waals surface area contributed by atoms with E-state index in [0.29, 0.717) is 23.4 Å². The van der Waals surface area contributed by atoms with Crippen molar-refractivity contribution in [2.75, 3.05) is 17.7 Å². The molecular formula is C24H28FNO5S2. The Balaban J connectivity index is 2.26. The maximum atomic E-state index is 16.2. The van der Waals surface area contributed by atoms with Crippen molar-refractivity contribution in [3.63, 3.8) is 0 Å². The van der Waals surface area contributed by atoms with E-state index in [9.17, 15) is 13.2 Å². The maximum Gasteiger partial charge on any atom is 0.331 e. The Morgan fingerprint density at radius 2 is 2.03 bits per heavy atom. The number of fused-ring (bicyclic) bond motifs is 1. The minimum atomic E-state index is -4.40. The van der Waals surface area contributed by atoms with Crippen LogP contribution in [0.1, 0.15) is 33.1 Å². The molecule has 9 heteroatoms. The normalized spacial score (nSPS) is 22.1. The molecule has 3 rings (SSSR count). The molecule has 0 saturated carbocycles. The number of rotatable bonds is 8. The second-order valence-electron chi connectivity index (χ2n) is 8.00. The summed E-state index contributed by atoms with van der Waals surface area (Å²) in [5.74, 6) is -1.80. The topological polar surface area (TPSA) is 83.9 Å². The first-order chi connectivity index (χ1) is 15.6. The molecule has 0 fully saturated rings. The molecule has 0 aromatic heterocycles. The number of para-hydroxylation sites is 1. The van der Waals surface area contributed by atoms with Gasteiger partial charge in [0, 0.05) is 24.2 Å². The number of alkyl halides is 1. The lowest BCUT2D eigenvalue weighted by Crippen LogP contribution is -2.41. The van der Waals surface area contributed by atoms with Gasteiger partial charge in [-0.2, -0.15) is 0 Å².